The van der Waals surface area contributed by atoms with Crippen molar-refractivity contribution in [2.45, 2.75) is 11.7 Å². The third-order valence-corrected chi connectivity index (χ3v) is 3.64. The maximum atomic E-state index is 12.7. The van der Waals surface area contributed by atoms with Crippen molar-refractivity contribution in [2.75, 3.05) is 12.3 Å². The van der Waals surface area contributed by atoms with Gasteiger partial charge in [-0.2, -0.15) is 11.8 Å². The van der Waals surface area contributed by atoms with Gasteiger partial charge in [-0.1, -0.05) is 12.1 Å². The highest BCUT2D eigenvalue weighted by atomic mass is 32.2. The molecule has 1 N–H and O–H groups in total. The normalized spacial score (nSPS) is 21.9. The Kier molecular flexibility index (Phi) is 3.26. The van der Waals surface area contributed by atoms with Gasteiger partial charge in [0.2, 0.25) is 5.91 Å². The number of rotatable bonds is 1. The second kappa shape index (κ2) is 4.66. The summed E-state index contributed by atoms with van der Waals surface area (Å²) < 4.78 is 12.7. The van der Waals surface area contributed by atoms with Crippen molar-refractivity contribution in [3.63, 3.8) is 0 Å². The average molecular weight is 225 g/mol. The fourth-order valence-electron chi connectivity index (χ4n) is 1.58. The Balaban J connectivity index is 2.14. The van der Waals surface area contributed by atoms with Crippen LogP contribution in [0.25, 0.3) is 0 Å². The van der Waals surface area contributed by atoms with E-state index in [0.29, 0.717) is 6.42 Å². The molecule has 0 aliphatic carbocycles. The zero-order valence-electron chi connectivity index (χ0n) is 8.20. The molecular formula is C11H12FNOS. The van der Waals surface area contributed by atoms with Gasteiger partial charge in [-0.15, -0.1) is 0 Å². The highest BCUT2D eigenvalue weighted by molar-refractivity contribution is 7.99. The van der Waals surface area contributed by atoms with Crippen molar-refractivity contribution in [1.29, 1.82) is 0 Å². The summed E-state index contributed by atoms with van der Waals surface area (Å²) in [4.78, 5) is 11.3. The fourth-order valence-corrected chi connectivity index (χ4v) is 2.71. The molecule has 80 valence electrons. The van der Waals surface area contributed by atoms with Gasteiger partial charge in [0.25, 0.3) is 0 Å². The average Bonchev–Trinajstić information content (AvgIpc) is 2.44. The first-order valence-electron chi connectivity index (χ1n) is 4.89. The Morgan fingerprint density at radius 1 is 1.33 bits per heavy atom. The Bertz CT molecular complexity index is 352. The Labute approximate surface area is 92.3 Å². The summed E-state index contributed by atoms with van der Waals surface area (Å²) in [6.07, 6.45) is 0.482. The van der Waals surface area contributed by atoms with Crippen LogP contribution in [0.3, 0.4) is 0 Å². The van der Waals surface area contributed by atoms with Crippen molar-refractivity contribution >= 4 is 17.7 Å². The molecule has 0 unspecified atom stereocenters. The number of halogens is 1. The van der Waals surface area contributed by atoms with Crippen molar-refractivity contribution < 1.29 is 9.18 Å². The molecule has 1 saturated heterocycles. The zero-order chi connectivity index (χ0) is 10.7. The lowest BCUT2D eigenvalue weighted by atomic mass is 10.1. The fraction of sp³-hybridized carbons (Fsp3) is 0.364. The number of carbonyl (C=O) groups is 1. The molecule has 2 nitrogen and oxygen atoms in total. The van der Waals surface area contributed by atoms with Gasteiger partial charge in [0.15, 0.2) is 0 Å². The van der Waals surface area contributed by atoms with Gasteiger partial charge in [-0.25, -0.2) is 4.39 Å². The Morgan fingerprint density at radius 3 is 2.80 bits per heavy atom. The second-order valence-corrected chi connectivity index (χ2v) is 4.78. The quantitative estimate of drug-likeness (QED) is 0.793. The number of benzene rings is 1. The number of amides is 1. The molecule has 0 spiro atoms. The minimum absolute atomic E-state index is 0.0781. The smallest absolute Gasteiger partial charge is 0.221 e. The molecule has 0 saturated carbocycles. The topological polar surface area (TPSA) is 29.1 Å². The lowest BCUT2D eigenvalue weighted by Gasteiger charge is -2.12. The predicted molar refractivity (Wildman–Crippen MR) is 59.2 cm³/mol. The number of hydrogen-bond donors (Lipinski definition) is 1. The van der Waals surface area contributed by atoms with Crippen LogP contribution in [0.15, 0.2) is 24.3 Å². The number of hydrogen-bond acceptors (Lipinski definition) is 2. The van der Waals surface area contributed by atoms with Crippen LogP contribution >= 0.6 is 11.8 Å². The molecule has 1 amide bonds. The van der Waals surface area contributed by atoms with Crippen LogP contribution in [-0.4, -0.2) is 18.2 Å². The van der Waals surface area contributed by atoms with E-state index < -0.39 is 0 Å². The molecule has 0 radical (unpaired) electrons. The van der Waals surface area contributed by atoms with E-state index in [4.69, 9.17) is 0 Å². The molecule has 1 heterocycles. The SMILES string of the molecule is O=C1C[C@H](c2ccc(F)cc2)SCCN1. The molecule has 1 aromatic rings. The Morgan fingerprint density at radius 2 is 2.07 bits per heavy atom. The zero-order valence-corrected chi connectivity index (χ0v) is 9.02. The molecule has 0 aromatic heterocycles. The van der Waals surface area contributed by atoms with Crippen molar-refractivity contribution in [3.8, 4) is 0 Å². The van der Waals surface area contributed by atoms with Gasteiger partial charge < -0.3 is 5.32 Å². The maximum absolute atomic E-state index is 12.7. The number of thioether (sulfide) groups is 1. The van der Waals surface area contributed by atoms with Crippen LogP contribution in [0.4, 0.5) is 4.39 Å². The minimum atomic E-state index is -0.234. The molecule has 15 heavy (non-hydrogen) atoms. The third-order valence-electron chi connectivity index (χ3n) is 2.36. The summed E-state index contributed by atoms with van der Waals surface area (Å²) in [7, 11) is 0. The van der Waals surface area contributed by atoms with Gasteiger partial charge in [0.1, 0.15) is 5.82 Å². The predicted octanol–water partition coefficient (Wildman–Crippen LogP) is 2.12. The summed E-state index contributed by atoms with van der Waals surface area (Å²) in [6, 6.07) is 6.40. The van der Waals surface area contributed by atoms with E-state index in [1.165, 1.54) is 12.1 Å². The van der Waals surface area contributed by atoms with E-state index in [2.05, 4.69) is 5.32 Å². The van der Waals surface area contributed by atoms with Crippen LogP contribution < -0.4 is 5.32 Å². The standard InChI is InChI=1S/C11H12FNOS/c12-9-3-1-8(2-4-9)10-7-11(14)13-5-6-15-10/h1-4,10H,5-7H2,(H,13,14)/t10-/m1/s1. The van der Waals surface area contributed by atoms with Crippen molar-refractivity contribution in [3.05, 3.63) is 35.6 Å². The first kappa shape index (κ1) is 10.5. The summed E-state index contributed by atoms with van der Waals surface area (Å²) in [5, 5.41) is 2.98. The lowest BCUT2D eigenvalue weighted by molar-refractivity contribution is -0.120. The van der Waals surface area contributed by atoms with Crippen LogP contribution in [-0.2, 0) is 4.79 Å². The Hall–Kier alpha value is -1.03. The molecule has 1 aliphatic heterocycles. The van der Waals surface area contributed by atoms with Crippen molar-refractivity contribution in [2.24, 2.45) is 0 Å². The van der Waals surface area contributed by atoms with Crippen LogP contribution in [0.5, 0.6) is 0 Å². The van der Waals surface area contributed by atoms with E-state index in [1.807, 2.05) is 0 Å². The molecule has 1 aliphatic rings. The lowest BCUT2D eigenvalue weighted by Crippen LogP contribution is -2.23. The number of nitrogens with one attached hydrogen (secondary N) is 1. The van der Waals surface area contributed by atoms with Crippen LogP contribution in [0, 0.1) is 5.82 Å². The summed E-state index contributed by atoms with van der Waals surface area (Å²) in [6.45, 7) is 0.723. The van der Waals surface area contributed by atoms with Crippen molar-refractivity contribution in [1.82, 2.24) is 5.32 Å². The molecule has 1 atom stereocenters. The first-order chi connectivity index (χ1) is 7.25. The summed E-state index contributed by atoms with van der Waals surface area (Å²) >= 11 is 1.74. The molecule has 4 heteroatoms. The van der Waals surface area contributed by atoms with E-state index in [0.717, 1.165) is 17.9 Å². The second-order valence-electron chi connectivity index (χ2n) is 3.47. The first-order valence-corrected chi connectivity index (χ1v) is 5.94. The maximum Gasteiger partial charge on any atom is 0.221 e. The van der Waals surface area contributed by atoms with E-state index in [-0.39, 0.29) is 17.0 Å². The highest BCUT2D eigenvalue weighted by Crippen LogP contribution is 2.32. The van der Waals surface area contributed by atoms with E-state index in [1.54, 1.807) is 23.9 Å². The minimum Gasteiger partial charge on any atom is -0.355 e. The van der Waals surface area contributed by atoms with E-state index in [9.17, 15) is 9.18 Å². The van der Waals surface area contributed by atoms with Gasteiger partial charge in [0.05, 0.1) is 0 Å². The molecule has 2 rings (SSSR count). The third kappa shape index (κ3) is 2.72. The summed E-state index contributed by atoms with van der Waals surface area (Å²) in [5.74, 6) is 0.754. The van der Waals surface area contributed by atoms with Gasteiger partial charge in [-0.3, -0.25) is 4.79 Å². The number of carbonyl (C=O) groups excluding carboxylic acids is 1. The largest absolute Gasteiger partial charge is 0.355 e. The van der Waals surface area contributed by atoms with Gasteiger partial charge in [-0.05, 0) is 17.7 Å². The van der Waals surface area contributed by atoms with E-state index >= 15 is 0 Å². The molecular weight excluding hydrogens is 213 g/mol. The highest BCUT2D eigenvalue weighted by Gasteiger charge is 2.19. The molecule has 0 bridgehead atoms. The van der Waals surface area contributed by atoms with Gasteiger partial charge >= 0.3 is 0 Å². The molecule has 1 fully saturated rings. The monoisotopic (exact) mass is 225 g/mol. The van der Waals surface area contributed by atoms with Crippen LogP contribution in [0.2, 0.25) is 0 Å². The summed E-state index contributed by atoms with van der Waals surface area (Å²) in [5.41, 5.74) is 1.03. The molecule has 1 aromatic carbocycles. The van der Waals surface area contributed by atoms with Gasteiger partial charge in [0, 0.05) is 24.0 Å². The van der Waals surface area contributed by atoms with Crippen LogP contribution in [0.1, 0.15) is 17.2 Å².